The Labute approximate surface area is 118 Å². The number of para-hydroxylation sites is 1. The molecule has 19 heavy (non-hydrogen) atoms. The Bertz CT molecular complexity index is 374. The van der Waals surface area contributed by atoms with Gasteiger partial charge >= 0.3 is 0 Å². The van der Waals surface area contributed by atoms with Gasteiger partial charge in [0.25, 0.3) is 0 Å². The highest BCUT2D eigenvalue weighted by molar-refractivity contribution is 5.61. The molecule has 2 N–H and O–H groups in total. The third-order valence-electron chi connectivity index (χ3n) is 3.96. The molecule has 0 radical (unpaired) electrons. The van der Waals surface area contributed by atoms with Gasteiger partial charge in [0.2, 0.25) is 0 Å². The van der Waals surface area contributed by atoms with Gasteiger partial charge in [0.05, 0.1) is 0 Å². The maximum Gasteiger partial charge on any atom is 0.0419 e. The van der Waals surface area contributed by atoms with E-state index in [2.05, 4.69) is 35.8 Å². The summed E-state index contributed by atoms with van der Waals surface area (Å²) in [7, 11) is 0. The lowest BCUT2D eigenvalue weighted by Gasteiger charge is -2.10. The molecule has 2 nitrogen and oxygen atoms in total. The maximum absolute atomic E-state index is 3.58. The average Bonchev–Trinajstić information content (AvgIpc) is 2.91. The monoisotopic (exact) mass is 260 g/mol. The second-order valence-electron chi connectivity index (χ2n) is 5.57. The van der Waals surface area contributed by atoms with Crippen LogP contribution in [0.2, 0.25) is 0 Å². The quantitative estimate of drug-likeness (QED) is 0.653. The highest BCUT2D eigenvalue weighted by atomic mass is 14.9. The Morgan fingerprint density at radius 1 is 1.11 bits per heavy atom. The van der Waals surface area contributed by atoms with E-state index in [-0.39, 0.29) is 0 Å². The summed E-state index contributed by atoms with van der Waals surface area (Å²) in [6, 6.07) is 6.67. The summed E-state index contributed by atoms with van der Waals surface area (Å²) < 4.78 is 0. The summed E-state index contributed by atoms with van der Waals surface area (Å²) in [4.78, 5) is 0. The molecule has 0 bridgehead atoms. The van der Waals surface area contributed by atoms with Crippen molar-refractivity contribution in [3.63, 3.8) is 0 Å². The minimum atomic E-state index is 1.01. The van der Waals surface area contributed by atoms with E-state index in [1.165, 1.54) is 61.8 Å². The van der Waals surface area contributed by atoms with Gasteiger partial charge < -0.3 is 10.6 Å². The van der Waals surface area contributed by atoms with Crippen molar-refractivity contribution in [3.8, 4) is 0 Å². The molecule has 0 unspecified atom stereocenters. The molecule has 1 aliphatic heterocycles. The van der Waals surface area contributed by atoms with Crippen LogP contribution >= 0.6 is 0 Å². The minimum absolute atomic E-state index is 1.01. The molecule has 0 aromatic heterocycles. The van der Waals surface area contributed by atoms with Crippen LogP contribution in [-0.2, 0) is 13.0 Å². The fraction of sp³-hybridized carbons (Fsp3) is 0.647. The van der Waals surface area contributed by atoms with Crippen molar-refractivity contribution in [2.45, 2.75) is 58.4 Å². The van der Waals surface area contributed by atoms with Crippen LogP contribution in [0, 0.1) is 0 Å². The number of nitrogens with one attached hydrogen (secondary N) is 2. The van der Waals surface area contributed by atoms with Crippen molar-refractivity contribution in [2.24, 2.45) is 0 Å². The Balaban J connectivity index is 1.60. The SMILES string of the molecule is CCCCCCCCNCc1cccc2c1NCC2. The van der Waals surface area contributed by atoms with Crippen molar-refractivity contribution in [2.75, 3.05) is 18.4 Å². The van der Waals surface area contributed by atoms with Crippen LogP contribution in [0.1, 0.15) is 56.6 Å². The van der Waals surface area contributed by atoms with Gasteiger partial charge in [-0.3, -0.25) is 0 Å². The van der Waals surface area contributed by atoms with Gasteiger partial charge in [-0.25, -0.2) is 0 Å². The zero-order valence-corrected chi connectivity index (χ0v) is 12.3. The first kappa shape index (κ1) is 14.4. The van der Waals surface area contributed by atoms with Crippen LogP contribution in [0.5, 0.6) is 0 Å². The average molecular weight is 260 g/mol. The lowest BCUT2D eigenvalue weighted by molar-refractivity contribution is 0.572. The lowest BCUT2D eigenvalue weighted by Crippen LogP contribution is -2.15. The third-order valence-corrected chi connectivity index (χ3v) is 3.96. The molecule has 0 aliphatic carbocycles. The van der Waals surface area contributed by atoms with Gasteiger partial charge in [-0.15, -0.1) is 0 Å². The van der Waals surface area contributed by atoms with Crippen LogP contribution in [0.25, 0.3) is 0 Å². The number of fused-ring (bicyclic) bond motifs is 1. The number of rotatable bonds is 9. The molecule has 1 heterocycles. The molecule has 106 valence electrons. The standard InChI is InChI=1S/C17H28N2/c1-2-3-4-5-6-7-12-18-14-16-10-8-9-15-11-13-19-17(15)16/h8-10,18-19H,2-7,11-14H2,1H3. The second-order valence-corrected chi connectivity index (χ2v) is 5.57. The summed E-state index contributed by atoms with van der Waals surface area (Å²) in [6.07, 6.45) is 9.41. The zero-order chi connectivity index (χ0) is 13.3. The molecule has 0 amide bonds. The van der Waals surface area contributed by atoms with E-state index in [9.17, 15) is 0 Å². The van der Waals surface area contributed by atoms with E-state index < -0.39 is 0 Å². The molecule has 0 fully saturated rings. The normalized spacial score (nSPS) is 13.3. The summed E-state index contributed by atoms with van der Waals surface area (Å²) >= 11 is 0. The Kier molecular flexibility index (Phi) is 6.22. The van der Waals surface area contributed by atoms with Crippen molar-refractivity contribution in [1.82, 2.24) is 5.32 Å². The van der Waals surface area contributed by atoms with Gasteiger partial charge in [0.15, 0.2) is 0 Å². The van der Waals surface area contributed by atoms with E-state index in [0.29, 0.717) is 0 Å². The summed E-state index contributed by atoms with van der Waals surface area (Å²) in [5.41, 5.74) is 4.30. The molecule has 0 atom stereocenters. The van der Waals surface area contributed by atoms with E-state index in [4.69, 9.17) is 0 Å². The number of anilines is 1. The summed E-state index contributed by atoms with van der Waals surface area (Å²) in [5, 5.41) is 7.09. The van der Waals surface area contributed by atoms with Crippen LogP contribution in [0.15, 0.2) is 18.2 Å². The predicted molar refractivity (Wildman–Crippen MR) is 83.7 cm³/mol. The summed E-state index contributed by atoms with van der Waals surface area (Å²) in [6.45, 7) is 5.53. The first-order valence-corrected chi connectivity index (χ1v) is 7.97. The number of benzene rings is 1. The fourth-order valence-electron chi connectivity index (χ4n) is 2.81. The van der Waals surface area contributed by atoms with Crippen LogP contribution in [-0.4, -0.2) is 13.1 Å². The largest absolute Gasteiger partial charge is 0.384 e. The van der Waals surface area contributed by atoms with Gasteiger partial charge in [-0.1, -0.05) is 57.2 Å². The highest BCUT2D eigenvalue weighted by Crippen LogP contribution is 2.26. The Hall–Kier alpha value is -1.02. The van der Waals surface area contributed by atoms with E-state index in [1.54, 1.807) is 0 Å². The molecule has 1 aromatic rings. The van der Waals surface area contributed by atoms with Crippen LogP contribution < -0.4 is 10.6 Å². The van der Waals surface area contributed by atoms with Crippen LogP contribution in [0.4, 0.5) is 5.69 Å². The fourth-order valence-corrected chi connectivity index (χ4v) is 2.81. The summed E-state index contributed by atoms with van der Waals surface area (Å²) in [5.74, 6) is 0. The van der Waals surface area contributed by atoms with E-state index >= 15 is 0 Å². The minimum Gasteiger partial charge on any atom is -0.384 e. The van der Waals surface area contributed by atoms with Crippen molar-refractivity contribution < 1.29 is 0 Å². The molecule has 0 saturated carbocycles. The molecular weight excluding hydrogens is 232 g/mol. The zero-order valence-electron chi connectivity index (χ0n) is 12.3. The Morgan fingerprint density at radius 2 is 1.95 bits per heavy atom. The van der Waals surface area contributed by atoms with Crippen LogP contribution in [0.3, 0.4) is 0 Å². The van der Waals surface area contributed by atoms with Gasteiger partial charge in [0, 0.05) is 18.8 Å². The van der Waals surface area contributed by atoms with Crippen molar-refractivity contribution >= 4 is 5.69 Å². The van der Waals surface area contributed by atoms with Crippen molar-refractivity contribution in [1.29, 1.82) is 0 Å². The molecule has 0 spiro atoms. The number of unbranched alkanes of at least 4 members (excludes halogenated alkanes) is 5. The first-order chi connectivity index (χ1) is 9.42. The molecule has 2 rings (SSSR count). The van der Waals surface area contributed by atoms with Crippen molar-refractivity contribution in [3.05, 3.63) is 29.3 Å². The second kappa shape index (κ2) is 8.21. The van der Waals surface area contributed by atoms with E-state index in [1.807, 2.05) is 0 Å². The smallest absolute Gasteiger partial charge is 0.0419 e. The molecule has 2 heteroatoms. The molecule has 1 aromatic carbocycles. The highest BCUT2D eigenvalue weighted by Gasteiger charge is 2.12. The third kappa shape index (κ3) is 4.54. The number of hydrogen-bond donors (Lipinski definition) is 2. The molecule has 1 aliphatic rings. The van der Waals surface area contributed by atoms with Gasteiger partial charge in [0.1, 0.15) is 0 Å². The molecular formula is C17H28N2. The Morgan fingerprint density at radius 3 is 2.84 bits per heavy atom. The lowest BCUT2D eigenvalue weighted by atomic mass is 10.1. The van der Waals surface area contributed by atoms with Gasteiger partial charge in [-0.05, 0) is 30.5 Å². The topological polar surface area (TPSA) is 24.1 Å². The maximum atomic E-state index is 3.58. The van der Waals surface area contributed by atoms with Gasteiger partial charge in [-0.2, -0.15) is 0 Å². The predicted octanol–water partition coefficient (Wildman–Crippen LogP) is 4.10. The first-order valence-electron chi connectivity index (χ1n) is 7.97. The number of hydrogen-bond acceptors (Lipinski definition) is 2. The molecule has 0 saturated heterocycles. The van der Waals surface area contributed by atoms with E-state index in [0.717, 1.165) is 19.6 Å².